The topological polar surface area (TPSA) is 79.3 Å². The summed E-state index contributed by atoms with van der Waals surface area (Å²) in [6, 6.07) is 4.17. The number of carbonyl (C=O) groups is 2. The van der Waals surface area contributed by atoms with Gasteiger partial charge in [-0.25, -0.2) is 4.84 Å². The Hall–Kier alpha value is -1.96. The highest BCUT2D eigenvalue weighted by atomic mass is 16.8. The molecule has 2 aliphatic heterocycles. The van der Waals surface area contributed by atoms with Crippen LogP contribution in [0, 0.1) is 26.7 Å². The van der Waals surface area contributed by atoms with Crippen molar-refractivity contribution in [3.8, 4) is 0 Å². The van der Waals surface area contributed by atoms with Crippen LogP contribution in [0.25, 0.3) is 0 Å². The number of rotatable bonds is 6. The number of amides is 1. The molecular weight excluding hydrogens is 360 g/mol. The average Bonchev–Trinajstić information content (AvgIpc) is 3.16. The lowest BCUT2D eigenvalue weighted by Crippen LogP contribution is -2.52. The third-order valence-corrected chi connectivity index (χ3v) is 5.56. The zero-order valence-corrected chi connectivity index (χ0v) is 16.9. The summed E-state index contributed by atoms with van der Waals surface area (Å²) in [6.45, 7) is 7.66. The Kier molecular flexibility index (Phi) is 6.69. The highest BCUT2D eigenvalue weighted by molar-refractivity contribution is 5.78. The molecule has 1 unspecified atom stereocenters. The molecular formula is C21H30N2O5. The third kappa shape index (κ3) is 4.90. The van der Waals surface area contributed by atoms with Crippen LogP contribution in [0.5, 0.6) is 0 Å². The van der Waals surface area contributed by atoms with Gasteiger partial charge in [0, 0.05) is 19.5 Å². The number of carboxylic acid groups (broad SMARTS) is 1. The second-order valence-electron chi connectivity index (χ2n) is 7.83. The highest BCUT2D eigenvalue weighted by Gasteiger charge is 2.33. The monoisotopic (exact) mass is 390 g/mol. The Morgan fingerprint density at radius 3 is 2.36 bits per heavy atom. The number of ether oxygens (including phenoxy) is 1. The van der Waals surface area contributed by atoms with Gasteiger partial charge in [-0.15, -0.1) is 5.17 Å². The third-order valence-electron chi connectivity index (χ3n) is 5.56. The van der Waals surface area contributed by atoms with Gasteiger partial charge in [0.2, 0.25) is 0 Å². The van der Waals surface area contributed by atoms with Gasteiger partial charge in [0.1, 0.15) is 0 Å². The second kappa shape index (κ2) is 9.03. The molecule has 3 rings (SSSR count). The highest BCUT2D eigenvalue weighted by Crippen LogP contribution is 2.24. The van der Waals surface area contributed by atoms with E-state index in [1.807, 2.05) is 25.8 Å². The summed E-state index contributed by atoms with van der Waals surface area (Å²) in [4.78, 5) is 30.4. The fourth-order valence-corrected chi connectivity index (χ4v) is 4.03. The van der Waals surface area contributed by atoms with Crippen molar-refractivity contribution in [1.82, 2.24) is 10.2 Å². The molecule has 2 heterocycles. The van der Waals surface area contributed by atoms with Crippen LogP contribution in [0.1, 0.15) is 47.9 Å². The van der Waals surface area contributed by atoms with Gasteiger partial charge < -0.3 is 9.84 Å². The van der Waals surface area contributed by atoms with Gasteiger partial charge in [-0.3, -0.25) is 9.59 Å². The SMILES string of the molecule is Cc1cc(C)c(CC(=O)N(OC2CCCO2)N2CCC(C(=O)O)CC2)c(C)c1. The van der Waals surface area contributed by atoms with E-state index in [-0.39, 0.29) is 18.2 Å². The molecule has 28 heavy (non-hydrogen) atoms. The zero-order chi connectivity index (χ0) is 20.3. The molecule has 0 spiro atoms. The Bertz CT molecular complexity index is 699. The van der Waals surface area contributed by atoms with Crippen molar-refractivity contribution in [2.45, 2.75) is 59.2 Å². The van der Waals surface area contributed by atoms with E-state index in [2.05, 4.69) is 12.1 Å². The van der Waals surface area contributed by atoms with E-state index in [0.29, 0.717) is 32.5 Å². The van der Waals surface area contributed by atoms with Crippen molar-refractivity contribution in [3.05, 3.63) is 34.4 Å². The van der Waals surface area contributed by atoms with Crippen molar-refractivity contribution in [2.24, 2.45) is 5.92 Å². The molecule has 7 heteroatoms. The molecule has 7 nitrogen and oxygen atoms in total. The van der Waals surface area contributed by atoms with Gasteiger partial charge in [-0.1, -0.05) is 17.7 Å². The minimum atomic E-state index is -0.775. The largest absolute Gasteiger partial charge is 0.481 e. The number of hydrazine groups is 1. The maximum atomic E-state index is 13.2. The van der Waals surface area contributed by atoms with E-state index in [0.717, 1.165) is 29.5 Å². The van der Waals surface area contributed by atoms with Crippen molar-refractivity contribution in [2.75, 3.05) is 19.7 Å². The van der Waals surface area contributed by atoms with Gasteiger partial charge in [0.05, 0.1) is 18.9 Å². The van der Waals surface area contributed by atoms with E-state index in [1.54, 1.807) is 0 Å². The van der Waals surface area contributed by atoms with Crippen LogP contribution < -0.4 is 0 Å². The molecule has 1 atom stereocenters. The molecule has 0 aromatic heterocycles. The molecule has 1 aromatic carbocycles. The first kappa shape index (κ1) is 20.8. The van der Waals surface area contributed by atoms with Crippen molar-refractivity contribution in [3.63, 3.8) is 0 Å². The normalized spacial score (nSPS) is 21.0. The first-order chi connectivity index (χ1) is 13.3. The number of hydroxylamine groups is 1. The van der Waals surface area contributed by atoms with E-state index in [9.17, 15) is 14.7 Å². The maximum Gasteiger partial charge on any atom is 0.306 e. The predicted molar refractivity (Wildman–Crippen MR) is 103 cm³/mol. The smallest absolute Gasteiger partial charge is 0.306 e. The second-order valence-corrected chi connectivity index (χ2v) is 7.83. The van der Waals surface area contributed by atoms with Gasteiger partial charge in [-0.05, 0) is 56.7 Å². The van der Waals surface area contributed by atoms with Crippen molar-refractivity contribution in [1.29, 1.82) is 0 Å². The number of aliphatic carboxylic acids is 1. The Balaban J connectivity index is 1.74. The summed E-state index contributed by atoms with van der Waals surface area (Å²) in [5.41, 5.74) is 4.37. The molecule has 0 radical (unpaired) electrons. The van der Waals surface area contributed by atoms with Gasteiger partial charge >= 0.3 is 5.97 Å². The number of benzene rings is 1. The minimum absolute atomic E-state index is 0.153. The van der Waals surface area contributed by atoms with E-state index < -0.39 is 12.3 Å². The number of nitrogens with zero attached hydrogens (tertiary/aromatic N) is 2. The number of hydrogen-bond acceptors (Lipinski definition) is 5. The van der Waals surface area contributed by atoms with Crippen LogP contribution in [-0.2, 0) is 25.6 Å². The number of carboxylic acids is 1. The molecule has 1 aromatic rings. The summed E-state index contributed by atoms with van der Waals surface area (Å²) >= 11 is 0. The van der Waals surface area contributed by atoms with Crippen LogP contribution >= 0.6 is 0 Å². The Morgan fingerprint density at radius 1 is 1.18 bits per heavy atom. The summed E-state index contributed by atoms with van der Waals surface area (Å²) in [5, 5.41) is 12.4. The fourth-order valence-electron chi connectivity index (χ4n) is 4.03. The molecule has 2 saturated heterocycles. The molecule has 0 saturated carbocycles. The number of piperidine rings is 1. The summed E-state index contributed by atoms with van der Waals surface area (Å²) in [7, 11) is 0. The van der Waals surface area contributed by atoms with Crippen molar-refractivity contribution < 1.29 is 24.3 Å². The standard InChI is InChI=1S/C21H30N2O5/c1-14-11-15(2)18(16(3)12-14)13-19(24)23(28-20-5-4-10-27-20)22-8-6-17(7-9-22)21(25)26/h11-12,17,20H,4-10,13H2,1-3H3,(H,25,26). The van der Waals surface area contributed by atoms with E-state index in [4.69, 9.17) is 9.57 Å². The Labute approximate surface area is 166 Å². The van der Waals surface area contributed by atoms with Gasteiger partial charge in [0.25, 0.3) is 5.91 Å². The summed E-state index contributed by atoms with van der Waals surface area (Å²) < 4.78 is 5.56. The number of carbonyl (C=O) groups excluding carboxylic acids is 1. The average molecular weight is 390 g/mol. The predicted octanol–water partition coefficient (Wildman–Crippen LogP) is 2.76. The molecule has 1 amide bonds. The molecule has 1 N–H and O–H groups in total. The lowest BCUT2D eigenvalue weighted by molar-refractivity contribution is -0.331. The van der Waals surface area contributed by atoms with Crippen LogP contribution in [-0.4, -0.2) is 53.2 Å². The van der Waals surface area contributed by atoms with Crippen LogP contribution in [0.15, 0.2) is 12.1 Å². The Morgan fingerprint density at radius 2 is 1.82 bits per heavy atom. The lowest BCUT2D eigenvalue weighted by atomic mass is 9.97. The number of hydrogen-bond donors (Lipinski definition) is 1. The fraction of sp³-hybridized carbons (Fsp3) is 0.619. The quantitative estimate of drug-likeness (QED) is 0.753. The molecule has 154 valence electrons. The molecule has 2 aliphatic rings. The van der Waals surface area contributed by atoms with Gasteiger partial charge in [-0.2, -0.15) is 5.01 Å². The molecule has 0 bridgehead atoms. The first-order valence-electron chi connectivity index (χ1n) is 10.0. The van der Waals surface area contributed by atoms with Crippen molar-refractivity contribution >= 4 is 11.9 Å². The van der Waals surface area contributed by atoms with E-state index >= 15 is 0 Å². The van der Waals surface area contributed by atoms with E-state index in [1.165, 1.54) is 10.7 Å². The van der Waals surface area contributed by atoms with Crippen LogP contribution in [0.2, 0.25) is 0 Å². The summed E-state index contributed by atoms with van der Waals surface area (Å²) in [6.07, 6.45) is 2.46. The molecule has 0 aliphatic carbocycles. The zero-order valence-electron chi connectivity index (χ0n) is 16.9. The maximum absolute atomic E-state index is 13.2. The van der Waals surface area contributed by atoms with Crippen LogP contribution in [0.3, 0.4) is 0 Å². The lowest BCUT2D eigenvalue weighted by Gasteiger charge is -2.38. The van der Waals surface area contributed by atoms with Gasteiger partial charge in [0.15, 0.2) is 6.29 Å². The first-order valence-corrected chi connectivity index (χ1v) is 10.0. The van der Waals surface area contributed by atoms with Crippen LogP contribution in [0.4, 0.5) is 0 Å². The summed E-state index contributed by atoms with van der Waals surface area (Å²) in [5.74, 6) is -1.29. The minimum Gasteiger partial charge on any atom is -0.481 e. The molecule has 2 fully saturated rings. The number of aryl methyl sites for hydroxylation is 3.